The van der Waals surface area contributed by atoms with Crippen molar-refractivity contribution in [3.05, 3.63) is 28.2 Å². The van der Waals surface area contributed by atoms with Gasteiger partial charge in [-0.15, -0.1) is 0 Å². The molecule has 0 radical (unpaired) electrons. The Morgan fingerprint density at radius 3 is 2.84 bits per heavy atom. The van der Waals surface area contributed by atoms with E-state index in [1.807, 2.05) is 19.1 Å². The van der Waals surface area contributed by atoms with Crippen LogP contribution in [0.15, 0.2) is 22.7 Å². The summed E-state index contributed by atoms with van der Waals surface area (Å²) in [6.07, 6.45) is 1.89. The Hall–Kier alpha value is -1.07. The lowest BCUT2D eigenvalue weighted by molar-refractivity contribution is -0.122. The number of hydrogen-bond acceptors (Lipinski definition) is 3. The van der Waals surface area contributed by atoms with Gasteiger partial charge in [-0.2, -0.15) is 0 Å². The fourth-order valence-electron chi connectivity index (χ4n) is 2.49. The summed E-state index contributed by atoms with van der Waals surface area (Å²) in [4.78, 5) is 13.5. The number of nitrogens with zero attached hydrogens (tertiary/aromatic N) is 1. The van der Waals surface area contributed by atoms with E-state index in [9.17, 15) is 4.79 Å². The van der Waals surface area contributed by atoms with Crippen molar-refractivity contribution in [1.29, 1.82) is 0 Å². The van der Waals surface area contributed by atoms with Gasteiger partial charge in [0.25, 0.3) is 0 Å². The number of primary amides is 1. The molecule has 1 aliphatic heterocycles. The van der Waals surface area contributed by atoms with Gasteiger partial charge in [0.15, 0.2) is 0 Å². The van der Waals surface area contributed by atoms with Crippen LogP contribution in [0.4, 0.5) is 5.69 Å². The van der Waals surface area contributed by atoms with Crippen LogP contribution in [0.25, 0.3) is 0 Å². The molecule has 0 aromatic heterocycles. The molecule has 1 aromatic carbocycles. The molecule has 0 spiro atoms. The first kappa shape index (κ1) is 14.3. The first-order valence-corrected chi connectivity index (χ1v) is 7.37. The van der Waals surface area contributed by atoms with Gasteiger partial charge in [-0.05, 0) is 53.4 Å². The van der Waals surface area contributed by atoms with Gasteiger partial charge in [0.05, 0.1) is 11.6 Å². The van der Waals surface area contributed by atoms with E-state index in [0.717, 1.165) is 35.1 Å². The maximum atomic E-state index is 11.3. The van der Waals surface area contributed by atoms with Gasteiger partial charge < -0.3 is 16.4 Å². The number of hydrogen-bond donors (Lipinski definition) is 2. The zero-order valence-corrected chi connectivity index (χ0v) is 12.7. The van der Waals surface area contributed by atoms with Gasteiger partial charge in [0, 0.05) is 23.6 Å². The van der Waals surface area contributed by atoms with Crippen molar-refractivity contribution >= 4 is 27.5 Å². The maximum absolute atomic E-state index is 11.3. The van der Waals surface area contributed by atoms with Crippen molar-refractivity contribution in [2.75, 3.05) is 18.0 Å². The van der Waals surface area contributed by atoms with E-state index in [2.05, 4.69) is 26.9 Å². The third-order valence-corrected chi connectivity index (χ3v) is 4.30. The molecular weight excluding hydrogens is 306 g/mol. The summed E-state index contributed by atoms with van der Waals surface area (Å²) < 4.78 is 1.02. The number of carbonyl (C=O) groups is 1. The molecule has 104 valence electrons. The number of amides is 1. The number of carbonyl (C=O) groups excluding carboxylic acids is 1. The Balaban J connectivity index is 2.19. The summed E-state index contributed by atoms with van der Waals surface area (Å²) in [6, 6.07) is 6.17. The number of anilines is 1. The molecule has 2 atom stereocenters. The number of piperidine rings is 1. The minimum atomic E-state index is -0.201. The lowest BCUT2D eigenvalue weighted by Gasteiger charge is -2.33. The third-order valence-electron chi connectivity index (χ3n) is 3.66. The average molecular weight is 326 g/mol. The number of benzene rings is 1. The van der Waals surface area contributed by atoms with Crippen molar-refractivity contribution in [2.24, 2.45) is 17.4 Å². The Morgan fingerprint density at radius 2 is 2.26 bits per heavy atom. The van der Waals surface area contributed by atoms with E-state index in [0.29, 0.717) is 6.54 Å². The van der Waals surface area contributed by atoms with Crippen molar-refractivity contribution in [3.63, 3.8) is 0 Å². The molecule has 1 heterocycles. The highest BCUT2D eigenvalue weighted by Crippen LogP contribution is 2.31. The smallest absolute Gasteiger partial charge is 0.222 e. The second-order valence-electron chi connectivity index (χ2n) is 5.19. The molecule has 1 saturated heterocycles. The molecule has 0 aliphatic carbocycles. The molecule has 1 amide bonds. The molecule has 1 unspecified atom stereocenters. The molecule has 2 rings (SSSR count). The Labute approximate surface area is 122 Å². The fraction of sp³-hybridized carbons (Fsp3) is 0.500. The lowest BCUT2D eigenvalue weighted by Crippen LogP contribution is -2.41. The molecule has 4 nitrogen and oxygen atoms in total. The highest BCUT2D eigenvalue weighted by molar-refractivity contribution is 9.10. The molecule has 4 N–H and O–H groups in total. The van der Waals surface area contributed by atoms with E-state index in [4.69, 9.17) is 11.5 Å². The van der Waals surface area contributed by atoms with Crippen LogP contribution in [0.3, 0.4) is 0 Å². The predicted octanol–water partition coefficient (Wildman–Crippen LogP) is 2.17. The highest BCUT2D eigenvalue weighted by Gasteiger charge is 2.25. The summed E-state index contributed by atoms with van der Waals surface area (Å²) in [6.45, 7) is 3.62. The van der Waals surface area contributed by atoms with Gasteiger partial charge in [-0.1, -0.05) is 6.07 Å². The average Bonchev–Trinajstić information content (AvgIpc) is 2.38. The monoisotopic (exact) mass is 325 g/mol. The van der Waals surface area contributed by atoms with E-state index >= 15 is 0 Å². The Bertz CT molecular complexity index is 476. The summed E-state index contributed by atoms with van der Waals surface area (Å²) in [5, 5.41) is 0. The van der Waals surface area contributed by atoms with E-state index in [1.165, 1.54) is 0 Å². The summed E-state index contributed by atoms with van der Waals surface area (Å²) in [5.74, 6) is -0.248. The maximum Gasteiger partial charge on any atom is 0.222 e. The number of halogens is 1. The second kappa shape index (κ2) is 5.92. The van der Waals surface area contributed by atoms with Crippen LogP contribution in [-0.2, 0) is 4.79 Å². The van der Waals surface area contributed by atoms with Crippen LogP contribution in [-0.4, -0.2) is 19.0 Å². The molecule has 1 aliphatic rings. The van der Waals surface area contributed by atoms with Crippen LogP contribution in [0.5, 0.6) is 0 Å². The molecule has 0 saturated carbocycles. The molecule has 0 bridgehead atoms. The van der Waals surface area contributed by atoms with Gasteiger partial charge >= 0.3 is 0 Å². The zero-order chi connectivity index (χ0) is 14.0. The summed E-state index contributed by atoms with van der Waals surface area (Å²) in [7, 11) is 0. The van der Waals surface area contributed by atoms with Crippen molar-refractivity contribution in [1.82, 2.24) is 0 Å². The SMILES string of the molecule is C[C@H](N)c1ccc(N2CCCC(C(N)=O)C2)c(Br)c1. The first-order chi connectivity index (χ1) is 8.99. The van der Waals surface area contributed by atoms with Crippen LogP contribution in [0, 0.1) is 5.92 Å². The normalized spacial score (nSPS) is 21.2. The summed E-state index contributed by atoms with van der Waals surface area (Å²) in [5.41, 5.74) is 13.5. The number of rotatable bonds is 3. The minimum absolute atomic E-state index is 0.0186. The fourth-order valence-corrected chi connectivity index (χ4v) is 3.14. The van der Waals surface area contributed by atoms with Crippen LogP contribution in [0.2, 0.25) is 0 Å². The zero-order valence-electron chi connectivity index (χ0n) is 11.1. The second-order valence-corrected chi connectivity index (χ2v) is 6.04. The third kappa shape index (κ3) is 3.28. The van der Waals surface area contributed by atoms with Gasteiger partial charge in [-0.3, -0.25) is 4.79 Å². The molecular formula is C14H20BrN3O. The van der Waals surface area contributed by atoms with Gasteiger partial charge in [-0.25, -0.2) is 0 Å². The molecule has 1 aromatic rings. The molecule has 5 heteroatoms. The molecule has 19 heavy (non-hydrogen) atoms. The van der Waals surface area contributed by atoms with Crippen LogP contribution < -0.4 is 16.4 Å². The van der Waals surface area contributed by atoms with E-state index < -0.39 is 0 Å². The Kier molecular flexibility index (Phi) is 4.47. The van der Waals surface area contributed by atoms with E-state index in [-0.39, 0.29) is 17.9 Å². The minimum Gasteiger partial charge on any atom is -0.370 e. The number of nitrogens with two attached hydrogens (primary N) is 2. The standard InChI is InChI=1S/C14H20BrN3O/c1-9(16)10-4-5-13(12(15)7-10)18-6-2-3-11(8-18)14(17)19/h4-5,7,9,11H,2-3,6,8,16H2,1H3,(H2,17,19)/t9-,11?/m0/s1. The lowest BCUT2D eigenvalue weighted by atomic mass is 9.97. The summed E-state index contributed by atoms with van der Waals surface area (Å²) >= 11 is 3.59. The van der Waals surface area contributed by atoms with Gasteiger partial charge in [0.1, 0.15) is 0 Å². The quantitative estimate of drug-likeness (QED) is 0.894. The van der Waals surface area contributed by atoms with Crippen LogP contribution >= 0.6 is 15.9 Å². The van der Waals surface area contributed by atoms with Crippen molar-refractivity contribution in [3.8, 4) is 0 Å². The highest BCUT2D eigenvalue weighted by atomic mass is 79.9. The largest absolute Gasteiger partial charge is 0.370 e. The van der Waals surface area contributed by atoms with Gasteiger partial charge in [0.2, 0.25) is 5.91 Å². The van der Waals surface area contributed by atoms with Crippen molar-refractivity contribution < 1.29 is 4.79 Å². The topological polar surface area (TPSA) is 72.3 Å². The first-order valence-electron chi connectivity index (χ1n) is 6.58. The predicted molar refractivity (Wildman–Crippen MR) is 80.9 cm³/mol. The van der Waals surface area contributed by atoms with E-state index in [1.54, 1.807) is 0 Å². The Morgan fingerprint density at radius 1 is 1.53 bits per heavy atom. The van der Waals surface area contributed by atoms with Crippen LogP contribution in [0.1, 0.15) is 31.4 Å². The molecule has 1 fully saturated rings. The van der Waals surface area contributed by atoms with Crippen molar-refractivity contribution in [2.45, 2.75) is 25.8 Å².